The van der Waals surface area contributed by atoms with Gasteiger partial charge in [-0.2, -0.15) is 0 Å². The van der Waals surface area contributed by atoms with E-state index in [4.69, 9.17) is 0 Å². The number of H-pyrrole nitrogens is 1. The Bertz CT molecular complexity index is 451. The third-order valence-electron chi connectivity index (χ3n) is 2.39. The van der Waals surface area contributed by atoms with Crippen molar-refractivity contribution in [3.63, 3.8) is 0 Å². The SMILES string of the molecule is Cc1ccc(F)c(CNCc2cnc[nH]2)c1. The second kappa shape index (κ2) is 4.90. The molecule has 1 aromatic carbocycles. The monoisotopic (exact) mass is 219 g/mol. The molecule has 0 fully saturated rings. The summed E-state index contributed by atoms with van der Waals surface area (Å²) in [6, 6.07) is 5.13. The standard InChI is InChI=1S/C12H14FN3/c1-9-2-3-12(13)10(4-9)5-14-6-11-7-15-8-16-11/h2-4,7-8,14H,5-6H2,1H3,(H,15,16). The number of rotatable bonds is 4. The van der Waals surface area contributed by atoms with Crippen molar-refractivity contribution in [1.82, 2.24) is 15.3 Å². The van der Waals surface area contributed by atoms with E-state index in [0.717, 1.165) is 11.3 Å². The molecule has 1 heterocycles. The molecular weight excluding hydrogens is 205 g/mol. The van der Waals surface area contributed by atoms with E-state index in [1.54, 1.807) is 18.6 Å². The fourth-order valence-electron chi connectivity index (χ4n) is 1.55. The zero-order valence-corrected chi connectivity index (χ0v) is 9.13. The number of nitrogens with zero attached hydrogens (tertiary/aromatic N) is 1. The number of aromatic nitrogens is 2. The number of nitrogens with one attached hydrogen (secondary N) is 2. The molecule has 0 amide bonds. The summed E-state index contributed by atoms with van der Waals surface area (Å²) in [7, 11) is 0. The zero-order valence-electron chi connectivity index (χ0n) is 9.13. The highest BCUT2D eigenvalue weighted by molar-refractivity contribution is 5.23. The average Bonchev–Trinajstić information content (AvgIpc) is 2.76. The van der Waals surface area contributed by atoms with Gasteiger partial charge in [0.25, 0.3) is 0 Å². The zero-order chi connectivity index (χ0) is 11.4. The normalized spacial score (nSPS) is 10.6. The van der Waals surface area contributed by atoms with Gasteiger partial charge in [-0.15, -0.1) is 0 Å². The number of hydrogen-bond donors (Lipinski definition) is 2. The lowest BCUT2D eigenvalue weighted by atomic mass is 10.1. The van der Waals surface area contributed by atoms with E-state index in [9.17, 15) is 4.39 Å². The van der Waals surface area contributed by atoms with Crippen LogP contribution in [0, 0.1) is 12.7 Å². The summed E-state index contributed by atoms with van der Waals surface area (Å²) in [6.45, 7) is 3.14. The van der Waals surface area contributed by atoms with Crippen molar-refractivity contribution in [3.8, 4) is 0 Å². The Morgan fingerprint density at radius 2 is 2.25 bits per heavy atom. The van der Waals surface area contributed by atoms with E-state index in [1.807, 2.05) is 13.0 Å². The van der Waals surface area contributed by atoms with Crippen LogP contribution in [0.2, 0.25) is 0 Å². The molecule has 0 aliphatic rings. The lowest BCUT2D eigenvalue weighted by Crippen LogP contribution is -2.14. The smallest absolute Gasteiger partial charge is 0.127 e. The highest BCUT2D eigenvalue weighted by atomic mass is 19.1. The fourth-order valence-corrected chi connectivity index (χ4v) is 1.55. The van der Waals surface area contributed by atoms with Gasteiger partial charge in [0.2, 0.25) is 0 Å². The maximum Gasteiger partial charge on any atom is 0.127 e. The Labute approximate surface area is 93.7 Å². The van der Waals surface area contributed by atoms with Gasteiger partial charge in [0.15, 0.2) is 0 Å². The molecule has 84 valence electrons. The number of aryl methyl sites for hydroxylation is 1. The number of aromatic amines is 1. The van der Waals surface area contributed by atoms with Gasteiger partial charge >= 0.3 is 0 Å². The number of imidazole rings is 1. The second-order valence-corrected chi connectivity index (χ2v) is 3.78. The summed E-state index contributed by atoms with van der Waals surface area (Å²) in [4.78, 5) is 6.89. The van der Waals surface area contributed by atoms with Crippen LogP contribution in [-0.2, 0) is 13.1 Å². The molecule has 2 aromatic rings. The summed E-state index contributed by atoms with van der Waals surface area (Å²) < 4.78 is 13.4. The van der Waals surface area contributed by atoms with Crippen molar-refractivity contribution in [2.75, 3.05) is 0 Å². The van der Waals surface area contributed by atoms with Gasteiger partial charge in [0.1, 0.15) is 5.82 Å². The Morgan fingerprint density at radius 3 is 3.00 bits per heavy atom. The third-order valence-corrected chi connectivity index (χ3v) is 2.39. The number of hydrogen-bond acceptors (Lipinski definition) is 2. The minimum atomic E-state index is -0.164. The first kappa shape index (κ1) is 10.8. The van der Waals surface area contributed by atoms with Crippen molar-refractivity contribution in [2.24, 2.45) is 0 Å². The lowest BCUT2D eigenvalue weighted by molar-refractivity contribution is 0.585. The summed E-state index contributed by atoms with van der Waals surface area (Å²) in [5.74, 6) is -0.164. The van der Waals surface area contributed by atoms with Crippen LogP contribution >= 0.6 is 0 Å². The summed E-state index contributed by atoms with van der Waals surface area (Å²) >= 11 is 0. The van der Waals surface area contributed by atoms with Crippen molar-refractivity contribution in [2.45, 2.75) is 20.0 Å². The first-order chi connectivity index (χ1) is 7.75. The van der Waals surface area contributed by atoms with Crippen LogP contribution in [0.4, 0.5) is 4.39 Å². The average molecular weight is 219 g/mol. The molecule has 0 radical (unpaired) electrons. The molecule has 3 nitrogen and oxygen atoms in total. The molecule has 16 heavy (non-hydrogen) atoms. The Balaban J connectivity index is 1.92. The summed E-state index contributed by atoms with van der Waals surface area (Å²) in [5.41, 5.74) is 2.76. The van der Waals surface area contributed by atoms with E-state index in [-0.39, 0.29) is 5.82 Å². The van der Waals surface area contributed by atoms with Gasteiger partial charge in [-0.3, -0.25) is 0 Å². The van der Waals surface area contributed by atoms with Gasteiger partial charge in [0.05, 0.1) is 6.33 Å². The van der Waals surface area contributed by atoms with E-state index in [2.05, 4.69) is 15.3 Å². The fraction of sp³-hybridized carbons (Fsp3) is 0.250. The number of benzene rings is 1. The van der Waals surface area contributed by atoms with Crippen LogP contribution in [0.1, 0.15) is 16.8 Å². The first-order valence-corrected chi connectivity index (χ1v) is 5.18. The highest BCUT2D eigenvalue weighted by Gasteiger charge is 2.01. The predicted molar refractivity (Wildman–Crippen MR) is 60.3 cm³/mol. The predicted octanol–water partition coefficient (Wildman–Crippen LogP) is 2.15. The van der Waals surface area contributed by atoms with Crippen molar-refractivity contribution < 1.29 is 4.39 Å². The molecule has 2 N–H and O–H groups in total. The van der Waals surface area contributed by atoms with E-state index in [0.29, 0.717) is 18.7 Å². The topological polar surface area (TPSA) is 40.7 Å². The van der Waals surface area contributed by atoms with Gasteiger partial charge in [-0.05, 0) is 13.0 Å². The molecule has 0 saturated carbocycles. The molecule has 0 bridgehead atoms. The first-order valence-electron chi connectivity index (χ1n) is 5.18. The maximum absolute atomic E-state index is 13.4. The van der Waals surface area contributed by atoms with Crippen molar-refractivity contribution in [3.05, 3.63) is 53.4 Å². The van der Waals surface area contributed by atoms with E-state index >= 15 is 0 Å². The van der Waals surface area contributed by atoms with Gasteiger partial charge in [-0.25, -0.2) is 9.37 Å². The number of halogens is 1. The van der Waals surface area contributed by atoms with Crippen LogP contribution in [0.3, 0.4) is 0 Å². The van der Waals surface area contributed by atoms with Crippen LogP contribution < -0.4 is 5.32 Å². The van der Waals surface area contributed by atoms with Crippen LogP contribution in [0.15, 0.2) is 30.7 Å². The molecule has 0 atom stereocenters. The molecule has 2 rings (SSSR count). The van der Waals surface area contributed by atoms with Crippen LogP contribution in [0.25, 0.3) is 0 Å². The Hall–Kier alpha value is -1.68. The van der Waals surface area contributed by atoms with Gasteiger partial charge in [-0.1, -0.05) is 17.7 Å². The van der Waals surface area contributed by atoms with Crippen LogP contribution in [0.5, 0.6) is 0 Å². The second-order valence-electron chi connectivity index (χ2n) is 3.78. The van der Waals surface area contributed by atoms with E-state index in [1.165, 1.54) is 6.07 Å². The largest absolute Gasteiger partial charge is 0.347 e. The quantitative estimate of drug-likeness (QED) is 0.827. The minimum Gasteiger partial charge on any atom is -0.347 e. The molecule has 0 aliphatic carbocycles. The van der Waals surface area contributed by atoms with Crippen molar-refractivity contribution >= 4 is 0 Å². The molecular formula is C12H14FN3. The molecule has 0 aliphatic heterocycles. The highest BCUT2D eigenvalue weighted by Crippen LogP contribution is 2.09. The maximum atomic E-state index is 13.4. The van der Waals surface area contributed by atoms with Gasteiger partial charge in [0, 0.05) is 30.5 Å². The lowest BCUT2D eigenvalue weighted by Gasteiger charge is -2.05. The minimum absolute atomic E-state index is 0.164. The molecule has 0 saturated heterocycles. The van der Waals surface area contributed by atoms with E-state index < -0.39 is 0 Å². The Kier molecular flexibility index (Phi) is 3.31. The molecule has 0 unspecified atom stereocenters. The van der Waals surface area contributed by atoms with Gasteiger partial charge < -0.3 is 10.3 Å². The molecule has 0 spiro atoms. The van der Waals surface area contributed by atoms with Crippen molar-refractivity contribution in [1.29, 1.82) is 0 Å². The third kappa shape index (κ3) is 2.67. The van der Waals surface area contributed by atoms with Crippen LogP contribution in [-0.4, -0.2) is 9.97 Å². The molecule has 4 heteroatoms. The summed E-state index contributed by atoms with van der Waals surface area (Å²) in [5, 5.41) is 3.16. The molecule has 1 aromatic heterocycles. The Morgan fingerprint density at radius 1 is 1.38 bits per heavy atom. The summed E-state index contributed by atoms with van der Waals surface area (Å²) in [6.07, 6.45) is 3.38.